The molecule has 130 valence electrons. The first-order valence-corrected chi connectivity index (χ1v) is 9.82. The van der Waals surface area contributed by atoms with Crippen LogP contribution in [0.3, 0.4) is 0 Å². The smallest absolute Gasteiger partial charge is 0.143 e. The van der Waals surface area contributed by atoms with Gasteiger partial charge >= 0.3 is 0 Å². The molecule has 1 aromatic carbocycles. The summed E-state index contributed by atoms with van der Waals surface area (Å²) in [5.41, 5.74) is 0.876. The molecule has 0 aliphatic rings. The van der Waals surface area contributed by atoms with Gasteiger partial charge in [-0.1, -0.05) is 17.7 Å². The third kappa shape index (κ3) is 4.55. The molecule has 2 unspecified atom stereocenters. The number of rotatable bonds is 6. The lowest BCUT2D eigenvalue weighted by molar-refractivity contribution is 0.292. The second kappa shape index (κ2) is 8.23. The Morgan fingerprint density at radius 2 is 2.16 bits per heavy atom. The van der Waals surface area contributed by atoms with E-state index in [0.717, 1.165) is 16.7 Å². The minimum Gasteiger partial charge on any atom is -0.491 e. The molecule has 8 heteroatoms. The molecule has 0 fully saturated rings. The highest BCUT2D eigenvalue weighted by atomic mass is 79.9. The van der Waals surface area contributed by atoms with Crippen LogP contribution < -0.4 is 9.46 Å². The van der Waals surface area contributed by atoms with Crippen LogP contribution in [-0.4, -0.2) is 26.8 Å². The highest BCUT2D eigenvalue weighted by Crippen LogP contribution is 2.24. The molecular weight excluding hydrogens is 426 g/mol. The SMILES string of the molecule is CC(COc1cccc2ncccc12)NS(=O)c1cnc(Cl)c(Br)c1. The third-order valence-electron chi connectivity index (χ3n) is 3.39. The molecule has 0 amide bonds. The fourth-order valence-electron chi connectivity index (χ4n) is 2.21. The Balaban J connectivity index is 1.63. The molecular formula is C17H15BrClN3O2S. The van der Waals surface area contributed by atoms with Crippen molar-refractivity contribution in [2.24, 2.45) is 0 Å². The number of nitrogens with zero attached hydrogens (tertiary/aromatic N) is 2. The van der Waals surface area contributed by atoms with Crippen LogP contribution in [-0.2, 0) is 11.0 Å². The summed E-state index contributed by atoms with van der Waals surface area (Å²) in [6.45, 7) is 2.27. The molecule has 0 spiro atoms. The molecule has 0 bridgehead atoms. The maximum Gasteiger partial charge on any atom is 0.143 e. The number of pyridine rings is 2. The Kier molecular flexibility index (Phi) is 6.01. The summed E-state index contributed by atoms with van der Waals surface area (Å²) in [5.74, 6) is 0.751. The predicted octanol–water partition coefficient (Wildman–Crippen LogP) is 4.13. The van der Waals surface area contributed by atoms with Crippen molar-refractivity contribution in [1.82, 2.24) is 14.7 Å². The Morgan fingerprint density at radius 1 is 1.32 bits per heavy atom. The van der Waals surface area contributed by atoms with Gasteiger partial charge in [0.25, 0.3) is 0 Å². The number of halogens is 2. The van der Waals surface area contributed by atoms with Crippen molar-refractivity contribution in [3.63, 3.8) is 0 Å². The van der Waals surface area contributed by atoms with Crippen molar-refractivity contribution in [1.29, 1.82) is 0 Å². The van der Waals surface area contributed by atoms with Crippen LogP contribution in [0.2, 0.25) is 5.15 Å². The molecule has 2 heterocycles. The molecule has 0 saturated heterocycles. The Hall–Kier alpha value is -1.54. The molecule has 3 aromatic rings. The molecule has 3 rings (SSSR count). The minimum absolute atomic E-state index is 0.137. The summed E-state index contributed by atoms with van der Waals surface area (Å²) in [4.78, 5) is 8.83. The molecule has 2 atom stereocenters. The van der Waals surface area contributed by atoms with Crippen molar-refractivity contribution in [3.05, 3.63) is 58.4 Å². The summed E-state index contributed by atoms with van der Waals surface area (Å²) in [5, 5.41) is 1.28. The van der Waals surface area contributed by atoms with Crippen LogP contribution in [0.5, 0.6) is 5.75 Å². The zero-order valence-electron chi connectivity index (χ0n) is 13.3. The average molecular weight is 441 g/mol. The largest absolute Gasteiger partial charge is 0.491 e. The van der Waals surface area contributed by atoms with Gasteiger partial charge in [0.05, 0.1) is 20.9 Å². The summed E-state index contributed by atoms with van der Waals surface area (Å²) >= 11 is 9.13. The Labute approximate surface area is 161 Å². The van der Waals surface area contributed by atoms with Crippen LogP contribution in [0.4, 0.5) is 0 Å². The molecule has 0 radical (unpaired) electrons. The van der Waals surface area contributed by atoms with Gasteiger partial charge in [0.1, 0.15) is 28.5 Å². The lowest BCUT2D eigenvalue weighted by atomic mass is 10.2. The lowest BCUT2D eigenvalue weighted by Crippen LogP contribution is -2.33. The Bertz CT molecular complexity index is 920. The van der Waals surface area contributed by atoms with Gasteiger partial charge < -0.3 is 4.74 Å². The van der Waals surface area contributed by atoms with E-state index in [4.69, 9.17) is 16.3 Å². The number of fused-ring (bicyclic) bond motifs is 1. The van der Waals surface area contributed by atoms with Crippen molar-refractivity contribution >= 4 is 49.4 Å². The van der Waals surface area contributed by atoms with Gasteiger partial charge in [0.15, 0.2) is 0 Å². The fraction of sp³-hybridized carbons (Fsp3) is 0.176. The van der Waals surface area contributed by atoms with Gasteiger partial charge in [-0.3, -0.25) is 4.98 Å². The molecule has 2 aromatic heterocycles. The maximum atomic E-state index is 12.4. The van der Waals surface area contributed by atoms with Gasteiger partial charge in [-0.25, -0.2) is 13.9 Å². The number of benzene rings is 1. The standard InChI is InChI=1S/C17H15BrClN3O2S/c1-11(22-25(23)12-8-14(18)17(19)21-9-12)10-24-16-6-2-5-15-13(16)4-3-7-20-15/h2-9,11,22H,10H2,1H3. The first-order chi connectivity index (χ1) is 12.0. The van der Waals surface area contributed by atoms with Gasteiger partial charge in [-0.15, -0.1) is 0 Å². The van der Waals surface area contributed by atoms with Gasteiger partial charge in [-0.2, -0.15) is 0 Å². The normalized spacial score (nSPS) is 13.6. The number of aromatic nitrogens is 2. The quantitative estimate of drug-likeness (QED) is 0.586. The average Bonchev–Trinajstić information content (AvgIpc) is 2.62. The van der Waals surface area contributed by atoms with E-state index >= 15 is 0 Å². The number of ether oxygens (including phenoxy) is 1. The van der Waals surface area contributed by atoms with Crippen molar-refractivity contribution in [2.45, 2.75) is 17.9 Å². The Morgan fingerprint density at radius 3 is 2.96 bits per heavy atom. The van der Waals surface area contributed by atoms with E-state index in [-0.39, 0.29) is 6.04 Å². The van der Waals surface area contributed by atoms with E-state index < -0.39 is 11.0 Å². The molecule has 1 N–H and O–H groups in total. The molecule has 0 saturated carbocycles. The number of hydrogen-bond acceptors (Lipinski definition) is 4. The van der Waals surface area contributed by atoms with E-state index in [1.807, 2.05) is 37.3 Å². The van der Waals surface area contributed by atoms with Crippen molar-refractivity contribution in [2.75, 3.05) is 6.61 Å². The molecule has 0 aliphatic heterocycles. The van der Waals surface area contributed by atoms with Crippen LogP contribution in [0.1, 0.15) is 6.92 Å². The lowest BCUT2D eigenvalue weighted by Gasteiger charge is -2.15. The van der Waals surface area contributed by atoms with E-state index in [9.17, 15) is 4.21 Å². The second-order valence-electron chi connectivity index (χ2n) is 5.37. The highest BCUT2D eigenvalue weighted by Gasteiger charge is 2.12. The second-order valence-corrected chi connectivity index (χ2v) is 7.83. The van der Waals surface area contributed by atoms with Crippen LogP contribution in [0.15, 0.2) is 58.2 Å². The number of nitrogens with one attached hydrogen (secondary N) is 1. The molecule has 0 aliphatic carbocycles. The van der Waals surface area contributed by atoms with Crippen molar-refractivity contribution < 1.29 is 8.95 Å². The van der Waals surface area contributed by atoms with Gasteiger partial charge in [-0.05, 0) is 53.2 Å². The van der Waals surface area contributed by atoms with Crippen LogP contribution >= 0.6 is 27.5 Å². The summed E-state index contributed by atoms with van der Waals surface area (Å²) in [6.07, 6.45) is 3.23. The maximum absolute atomic E-state index is 12.4. The summed E-state index contributed by atoms with van der Waals surface area (Å²) in [7, 11) is -1.41. The van der Waals surface area contributed by atoms with Gasteiger partial charge in [0.2, 0.25) is 0 Å². The van der Waals surface area contributed by atoms with Crippen LogP contribution in [0.25, 0.3) is 10.9 Å². The van der Waals surface area contributed by atoms with E-state index in [1.165, 1.54) is 6.20 Å². The monoisotopic (exact) mass is 439 g/mol. The van der Waals surface area contributed by atoms with Gasteiger partial charge in [0, 0.05) is 17.8 Å². The zero-order valence-corrected chi connectivity index (χ0v) is 16.4. The minimum atomic E-state index is -1.41. The fourth-order valence-corrected chi connectivity index (χ4v) is 3.75. The molecule has 25 heavy (non-hydrogen) atoms. The predicted molar refractivity (Wildman–Crippen MR) is 103 cm³/mol. The molecule has 5 nitrogen and oxygen atoms in total. The van der Waals surface area contributed by atoms with E-state index in [2.05, 4.69) is 30.6 Å². The van der Waals surface area contributed by atoms with Crippen LogP contribution in [0, 0.1) is 0 Å². The first-order valence-electron chi connectivity index (χ1n) is 7.50. The summed E-state index contributed by atoms with van der Waals surface area (Å²) in [6, 6.07) is 11.1. The highest BCUT2D eigenvalue weighted by molar-refractivity contribution is 9.10. The van der Waals surface area contributed by atoms with Crippen molar-refractivity contribution in [3.8, 4) is 5.75 Å². The number of hydrogen-bond donors (Lipinski definition) is 1. The topological polar surface area (TPSA) is 64.1 Å². The van der Waals surface area contributed by atoms with E-state index in [1.54, 1.807) is 12.3 Å². The first kappa shape index (κ1) is 18.3. The van der Waals surface area contributed by atoms with E-state index in [0.29, 0.717) is 21.1 Å². The summed E-state index contributed by atoms with van der Waals surface area (Å²) < 4.78 is 21.8. The zero-order chi connectivity index (χ0) is 17.8. The third-order valence-corrected chi connectivity index (χ3v) is 5.79.